The van der Waals surface area contributed by atoms with Crippen LogP contribution in [-0.4, -0.2) is 24.5 Å². The molecule has 0 aromatic carbocycles. The molecule has 2 fully saturated rings. The summed E-state index contributed by atoms with van der Waals surface area (Å²) in [6.45, 7) is 3.76. The molecular weight excluding hydrogens is 182 g/mol. The van der Waals surface area contributed by atoms with E-state index in [1.54, 1.807) is 0 Å². The molecule has 1 aliphatic heterocycles. The summed E-state index contributed by atoms with van der Waals surface area (Å²) >= 11 is 0. The van der Waals surface area contributed by atoms with Crippen LogP contribution in [0.4, 0.5) is 0 Å². The summed E-state index contributed by atoms with van der Waals surface area (Å²) in [5.41, 5.74) is 0. The average molecular weight is 209 g/mol. The van der Waals surface area contributed by atoms with Gasteiger partial charge in [-0.05, 0) is 51.1 Å². The summed E-state index contributed by atoms with van der Waals surface area (Å²) in [4.78, 5) is 2.57. The number of rotatable bonds is 3. The van der Waals surface area contributed by atoms with Crippen LogP contribution in [0.25, 0.3) is 0 Å². The van der Waals surface area contributed by atoms with E-state index in [1.165, 1.54) is 57.9 Å². The van der Waals surface area contributed by atoms with E-state index in [9.17, 15) is 0 Å². The topological polar surface area (TPSA) is 3.24 Å². The van der Waals surface area contributed by atoms with Crippen molar-refractivity contribution in [1.29, 1.82) is 0 Å². The Balaban J connectivity index is 1.65. The fourth-order valence-electron chi connectivity index (χ4n) is 3.39. The van der Waals surface area contributed by atoms with Crippen LogP contribution in [0.15, 0.2) is 0 Å². The standard InChI is InChI=1S/C14H27N/c1-12-5-7-13(8-6-12)9-10-14-4-3-11-15(14)2/h12-14H,3-11H2,1-2H3. The molecule has 0 amide bonds. The minimum atomic E-state index is 0.921. The summed E-state index contributed by atoms with van der Waals surface area (Å²) in [6, 6.07) is 0.921. The molecule has 1 saturated carbocycles. The van der Waals surface area contributed by atoms with E-state index in [1.807, 2.05) is 0 Å². The van der Waals surface area contributed by atoms with Gasteiger partial charge in [0.1, 0.15) is 0 Å². The number of hydrogen-bond donors (Lipinski definition) is 0. The van der Waals surface area contributed by atoms with Crippen molar-refractivity contribution < 1.29 is 0 Å². The van der Waals surface area contributed by atoms with Crippen LogP contribution in [0.5, 0.6) is 0 Å². The molecule has 0 N–H and O–H groups in total. The summed E-state index contributed by atoms with van der Waals surface area (Å²) in [7, 11) is 2.31. The maximum Gasteiger partial charge on any atom is 0.00927 e. The van der Waals surface area contributed by atoms with Crippen LogP contribution in [-0.2, 0) is 0 Å². The van der Waals surface area contributed by atoms with Gasteiger partial charge in [-0.1, -0.05) is 32.6 Å². The maximum absolute atomic E-state index is 2.57. The minimum Gasteiger partial charge on any atom is -0.303 e. The summed E-state index contributed by atoms with van der Waals surface area (Å²) < 4.78 is 0. The Kier molecular flexibility index (Phi) is 4.07. The molecule has 2 rings (SSSR count). The van der Waals surface area contributed by atoms with Crippen LogP contribution >= 0.6 is 0 Å². The Morgan fingerprint density at radius 2 is 1.73 bits per heavy atom. The molecule has 1 atom stereocenters. The Morgan fingerprint density at radius 3 is 2.33 bits per heavy atom. The molecule has 1 unspecified atom stereocenters. The zero-order chi connectivity index (χ0) is 10.7. The van der Waals surface area contributed by atoms with Crippen molar-refractivity contribution >= 4 is 0 Å². The van der Waals surface area contributed by atoms with Gasteiger partial charge < -0.3 is 4.90 Å². The summed E-state index contributed by atoms with van der Waals surface area (Å²) in [5.74, 6) is 2.07. The van der Waals surface area contributed by atoms with Crippen molar-refractivity contribution in [1.82, 2.24) is 4.90 Å². The monoisotopic (exact) mass is 209 g/mol. The Labute approximate surface area is 95.2 Å². The first kappa shape index (κ1) is 11.4. The fraction of sp³-hybridized carbons (Fsp3) is 1.00. The van der Waals surface area contributed by atoms with Crippen LogP contribution in [0, 0.1) is 11.8 Å². The average Bonchev–Trinajstić information content (AvgIpc) is 2.63. The zero-order valence-corrected chi connectivity index (χ0v) is 10.5. The molecule has 1 aliphatic carbocycles. The Bertz CT molecular complexity index is 182. The first-order chi connectivity index (χ1) is 7.25. The normalized spacial score (nSPS) is 38.4. The van der Waals surface area contributed by atoms with Gasteiger partial charge in [-0.2, -0.15) is 0 Å². The molecule has 2 aliphatic rings. The molecule has 88 valence electrons. The maximum atomic E-state index is 2.57. The lowest BCUT2D eigenvalue weighted by Crippen LogP contribution is -2.25. The van der Waals surface area contributed by atoms with E-state index in [-0.39, 0.29) is 0 Å². The SMILES string of the molecule is CC1CCC(CCC2CCCN2C)CC1. The van der Waals surface area contributed by atoms with E-state index in [4.69, 9.17) is 0 Å². The smallest absolute Gasteiger partial charge is 0.00927 e. The number of likely N-dealkylation sites (tertiary alicyclic amines) is 1. The van der Waals surface area contributed by atoms with Gasteiger partial charge >= 0.3 is 0 Å². The highest BCUT2D eigenvalue weighted by Gasteiger charge is 2.23. The highest BCUT2D eigenvalue weighted by Crippen LogP contribution is 2.32. The molecule has 0 aromatic rings. The zero-order valence-electron chi connectivity index (χ0n) is 10.5. The second-order valence-electron chi connectivity index (χ2n) is 5.98. The van der Waals surface area contributed by atoms with Gasteiger partial charge in [0.2, 0.25) is 0 Å². The van der Waals surface area contributed by atoms with E-state index in [0.29, 0.717) is 0 Å². The van der Waals surface area contributed by atoms with Crippen molar-refractivity contribution in [3.63, 3.8) is 0 Å². The lowest BCUT2D eigenvalue weighted by atomic mass is 9.80. The van der Waals surface area contributed by atoms with Crippen LogP contribution in [0.2, 0.25) is 0 Å². The van der Waals surface area contributed by atoms with Gasteiger partial charge in [0.15, 0.2) is 0 Å². The highest BCUT2D eigenvalue weighted by atomic mass is 15.1. The molecule has 0 radical (unpaired) electrons. The first-order valence-electron chi connectivity index (χ1n) is 6.96. The van der Waals surface area contributed by atoms with Crippen LogP contribution in [0.1, 0.15) is 58.3 Å². The van der Waals surface area contributed by atoms with Crippen molar-refractivity contribution in [2.24, 2.45) is 11.8 Å². The van der Waals surface area contributed by atoms with Gasteiger partial charge in [0.25, 0.3) is 0 Å². The van der Waals surface area contributed by atoms with Gasteiger partial charge in [-0.15, -0.1) is 0 Å². The van der Waals surface area contributed by atoms with E-state index >= 15 is 0 Å². The highest BCUT2D eigenvalue weighted by molar-refractivity contribution is 4.78. The molecule has 0 spiro atoms. The van der Waals surface area contributed by atoms with Gasteiger partial charge in [0, 0.05) is 6.04 Å². The molecule has 1 heterocycles. The van der Waals surface area contributed by atoms with Crippen molar-refractivity contribution in [2.45, 2.75) is 64.3 Å². The summed E-state index contributed by atoms with van der Waals surface area (Å²) in [5, 5.41) is 0. The molecule has 0 bridgehead atoms. The van der Waals surface area contributed by atoms with E-state index in [0.717, 1.165) is 17.9 Å². The summed E-state index contributed by atoms with van der Waals surface area (Å²) in [6.07, 6.45) is 11.9. The van der Waals surface area contributed by atoms with Crippen molar-refractivity contribution in [3.8, 4) is 0 Å². The second kappa shape index (κ2) is 5.34. The van der Waals surface area contributed by atoms with Crippen LogP contribution in [0.3, 0.4) is 0 Å². The van der Waals surface area contributed by atoms with Crippen molar-refractivity contribution in [3.05, 3.63) is 0 Å². The molecule has 1 heteroatoms. The Morgan fingerprint density at radius 1 is 1.00 bits per heavy atom. The Hall–Kier alpha value is -0.0400. The number of hydrogen-bond acceptors (Lipinski definition) is 1. The third-order valence-corrected chi connectivity index (χ3v) is 4.72. The van der Waals surface area contributed by atoms with E-state index < -0.39 is 0 Å². The quantitative estimate of drug-likeness (QED) is 0.685. The fourth-order valence-corrected chi connectivity index (χ4v) is 3.39. The lowest BCUT2D eigenvalue weighted by Gasteiger charge is -2.28. The molecule has 0 aromatic heterocycles. The molecule has 15 heavy (non-hydrogen) atoms. The minimum absolute atomic E-state index is 0.921. The lowest BCUT2D eigenvalue weighted by molar-refractivity contribution is 0.235. The van der Waals surface area contributed by atoms with Gasteiger partial charge in [0.05, 0.1) is 0 Å². The largest absolute Gasteiger partial charge is 0.303 e. The van der Waals surface area contributed by atoms with Crippen molar-refractivity contribution in [2.75, 3.05) is 13.6 Å². The molecular formula is C14H27N. The third-order valence-electron chi connectivity index (χ3n) is 4.72. The molecule has 1 saturated heterocycles. The van der Waals surface area contributed by atoms with Gasteiger partial charge in [-0.3, -0.25) is 0 Å². The number of nitrogens with zero attached hydrogens (tertiary/aromatic N) is 1. The predicted molar refractivity (Wildman–Crippen MR) is 66.0 cm³/mol. The van der Waals surface area contributed by atoms with Gasteiger partial charge in [-0.25, -0.2) is 0 Å². The van der Waals surface area contributed by atoms with Crippen LogP contribution < -0.4 is 0 Å². The predicted octanol–water partition coefficient (Wildman–Crippen LogP) is 3.69. The first-order valence-corrected chi connectivity index (χ1v) is 6.96. The molecule has 1 nitrogen and oxygen atoms in total. The third kappa shape index (κ3) is 3.21. The van der Waals surface area contributed by atoms with E-state index in [2.05, 4.69) is 18.9 Å². The second-order valence-corrected chi connectivity index (χ2v) is 5.98.